The minimum Gasteiger partial charge on any atom is -0.376 e. The lowest BCUT2D eigenvalue weighted by atomic mass is 10.2. The Morgan fingerprint density at radius 3 is 2.33 bits per heavy atom. The highest BCUT2D eigenvalue weighted by atomic mass is 32.2. The maximum Gasteiger partial charge on any atom is 0.251 e. The van der Waals surface area contributed by atoms with Crippen LogP contribution >= 0.6 is 0 Å². The SMILES string of the molecule is CCCNC(=O)c1cccc(NCC(=O)Nc2ccc(S(C)(=O)=O)cc2)c1. The smallest absolute Gasteiger partial charge is 0.251 e. The van der Waals surface area contributed by atoms with Crippen LogP contribution in [0.3, 0.4) is 0 Å². The number of nitrogens with one attached hydrogen (secondary N) is 3. The summed E-state index contributed by atoms with van der Waals surface area (Å²) in [6.07, 6.45) is 1.98. The minimum atomic E-state index is -3.27. The zero-order chi connectivity index (χ0) is 19.9. The van der Waals surface area contributed by atoms with E-state index in [2.05, 4.69) is 16.0 Å². The van der Waals surface area contributed by atoms with Gasteiger partial charge < -0.3 is 16.0 Å². The molecule has 2 amide bonds. The number of rotatable bonds is 8. The van der Waals surface area contributed by atoms with E-state index in [-0.39, 0.29) is 23.3 Å². The van der Waals surface area contributed by atoms with Crippen molar-refractivity contribution >= 4 is 33.0 Å². The number of carbonyl (C=O) groups is 2. The molecule has 0 aliphatic rings. The first-order valence-corrected chi connectivity index (χ1v) is 10.4. The zero-order valence-corrected chi connectivity index (χ0v) is 16.1. The standard InChI is InChI=1S/C19H23N3O4S/c1-3-11-20-19(24)14-5-4-6-16(12-14)21-13-18(23)22-15-7-9-17(10-8-15)27(2,25)26/h4-10,12,21H,3,11,13H2,1-2H3,(H,20,24)(H,22,23). The summed E-state index contributed by atoms with van der Waals surface area (Å²) in [6.45, 7) is 2.59. The summed E-state index contributed by atoms with van der Waals surface area (Å²) < 4.78 is 22.9. The largest absolute Gasteiger partial charge is 0.376 e. The molecule has 0 saturated carbocycles. The molecule has 0 spiro atoms. The molecule has 0 aliphatic carbocycles. The topological polar surface area (TPSA) is 104 Å². The van der Waals surface area contributed by atoms with Gasteiger partial charge >= 0.3 is 0 Å². The molecule has 0 aliphatic heterocycles. The quantitative estimate of drug-likeness (QED) is 0.642. The van der Waals surface area contributed by atoms with Gasteiger partial charge in [0.05, 0.1) is 11.4 Å². The fourth-order valence-corrected chi connectivity index (χ4v) is 2.91. The predicted octanol–water partition coefficient (Wildman–Crippen LogP) is 2.28. The van der Waals surface area contributed by atoms with Crippen LogP contribution < -0.4 is 16.0 Å². The van der Waals surface area contributed by atoms with Gasteiger partial charge in [-0.1, -0.05) is 13.0 Å². The molecule has 0 unspecified atom stereocenters. The van der Waals surface area contributed by atoms with E-state index in [4.69, 9.17) is 0 Å². The van der Waals surface area contributed by atoms with Gasteiger partial charge in [-0.05, 0) is 48.9 Å². The van der Waals surface area contributed by atoms with Gasteiger partial charge in [0, 0.05) is 29.7 Å². The van der Waals surface area contributed by atoms with Crippen LogP contribution in [0.2, 0.25) is 0 Å². The summed E-state index contributed by atoms with van der Waals surface area (Å²) in [6, 6.07) is 12.8. The van der Waals surface area contributed by atoms with Crippen LogP contribution in [0.25, 0.3) is 0 Å². The third kappa shape index (κ3) is 6.41. The summed E-state index contributed by atoms with van der Waals surface area (Å²) in [5.74, 6) is -0.445. The van der Waals surface area contributed by atoms with E-state index in [9.17, 15) is 18.0 Å². The van der Waals surface area contributed by atoms with Crippen molar-refractivity contribution in [3.8, 4) is 0 Å². The maximum atomic E-state index is 12.1. The van der Waals surface area contributed by atoms with Gasteiger partial charge in [-0.15, -0.1) is 0 Å². The number of hydrogen-bond acceptors (Lipinski definition) is 5. The van der Waals surface area contributed by atoms with E-state index in [0.29, 0.717) is 23.5 Å². The average molecular weight is 389 g/mol. The van der Waals surface area contributed by atoms with Crippen LogP contribution in [0, 0.1) is 0 Å². The van der Waals surface area contributed by atoms with Gasteiger partial charge in [0.25, 0.3) is 5.91 Å². The lowest BCUT2D eigenvalue weighted by molar-refractivity contribution is -0.114. The third-order valence-electron chi connectivity index (χ3n) is 3.68. The lowest BCUT2D eigenvalue weighted by Crippen LogP contribution is -2.24. The molecule has 0 saturated heterocycles. The van der Waals surface area contributed by atoms with E-state index in [0.717, 1.165) is 12.7 Å². The summed E-state index contributed by atoms with van der Waals surface area (Å²) in [4.78, 5) is 24.2. The fourth-order valence-electron chi connectivity index (χ4n) is 2.28. The van der Waals surface area contributed by atoms with Crippen LogP contribution in [0.1, 0.15) is 23.7 Å². The molecule has 2 aromatic carbocycles. The molecule has 0 bridgehead atoms. The summed E-state index contributed by atoms with van der Waals surface area (Å²) in [5.41, 5.74) is 1.67. The van der Waals surface area contributed by atoms with Crippen LogP contribution in [-0.2, 0) is 14.6 Å². The first-order chi connectivity index (χ1) is 12.8. The predicted molar refractivity (Wildman–Crippen MR) is 106 cm³/mol. The third-order valence-corrected chi connectivity index (χ3v) is 4.81. The maximum absolute atomic E-state index is 12.1. The van der Waals surface area contributed by atoms with E-state index in [1.54, 1.807) is 24.3 Å². The average Bonchev–Trinajstić information content (AvgIpc) is 2.64. The van der Waals surface area contributed by atoms with Gasteiger partial charge in [-0.3, -0.25) is 9.59 Å². The van der Waals surface area contributed by atoms with Gasteiger partial charge in [-0.2, -0.15) is 0 Å². The van der Waals surface area contributed by atoms with Crippen molar-refractivity contribution in [3.05, 3.63) is 54.1 Å². The normalized spacial score (nSPS) is 10.9. The molecule has 144 valence electrons. The first kappa shape index (κ1) is 20.4. The lowest BCUT2D eigenvalue weighted by Gasteiger charge is -2.10. The first-order valence-electron chi connectivity index (χ1n) is 8.51. The Morgan fingerprint density at radius 1 is 1.00 bits per heavy atom. The van der Waals surface area contributed by atoms with Crippen molar-refractivity contribution in [1.82, 2.24) is 5.32 Å². The Balaban J connectivity index is 1.91. The Kier molecular flexibility index (Phi) is 6.95. The molecule has 2 aromatic rings. The molecule has 2 rings (SSSR count). The Hall–Kier alpha value is -2.87. The van der Waals surface area contributed by atoms with Crippen LogP contribution in [0.5, 0.6) is 0 Å². The Bertz CT molecular complexity index is 909. The minimum absolute atomic E-state index is 0.00780. The van der Waals surface area contributed by atoms with Crippen LogP contribution in [0.4, 0.5) is 11.4 Å². The number of hydrogen-bond donors (Lipinski definition) is 3. The van der Waals surface area contributed by atoms with E-state index in [1.165, 1.54) is 24.3 Å². The van der Waals surface area contributed by atoms with E-state index >= 15 is 0 Å². The Labute approximate surface area is 159 Å². The van der Waals surface area contributed by atoms with Crippen molar-refractivity contribution in [1.29, 1.82) is 0 Å². The highest BCUT2D eigenvalue weighted by molar-refractivity contribution is 7.90. The molecule has 0 aromatic heterocycles. The summed E-state index contributed by atoms with van der Waals surface area (Å²) >= 11 is 0. The van der Waals surface area contributed by atoms with E-state index < -0.39 is 9.84 Å². The fraction of sp³-hybridized carbons (Fsp3) is 0.263. The highest BCUT2D eigenvalue weighted by Crippen LogP contribution is 2.14. The number of sulfone groups is 1. The molecule has 27 heavy (non-hydrogen) atoms. The molecule has 7 nitrogen and oxygen atoms in total. The van der Waals surface area contributed by atoms with Crippen LogP contribution in [-0.4, -0.2) is 39.6 Å². The van der Waals surface area contributed by atoms with Gasteiger partial charge in [-0.25, -0.2) is 8.42 Å². The molecule has 0 heterocycles. The molecule has 0 atom stereocenters. The molecule has 8 heteroatoms. The van der Waals surface area contributed by atoms with Crippen molar-refractivity contribution in [2.45, 2.75) is 18.2 Å². The number of benzene rings is 2. The zero-order valence-electron chi connectivity index (χ0n) is 15.3. The monoisotopic (exact) mass is 389 g/mol. The van der Waals surface area contributed by atoms with E-state index in [1.807, 2.05) is 6.92 Å². The summed E-state index contributed by atoms with van der Waals surface area (Å²) in [5, 5.41) is 8.44. The van der Waals surface area contributed by atoms with Crippen molar-refractivity contribution in [2.24, 2.45) is 0 Å². The van der Waals surface area contributed by atoms with Crippen molar-refractivity contribution in [2.75, 3.05) is 30.0 Å². The second kappa shape index (κ2) is 9.18. The van der Waals surface area contributed by atoms with Gasteiger partial charge in [0.15, 0.2) is 9.84 Å². The number of anilines is 2. The van der Waals surface area contributed by atoms with Crippen molar-refractivity contribution < 1.29 is 18.0 Å². The second-order valence-electron chi connectivity index (χ2n) is 6.03. The molecule has 0 fully saturated rings. The van der Waals surface area contributed by atoms with Gasteiger partial charge in [0.2, 0.25) is 5.91 Å². The molecule has 0 radical (unpaired) electrons. The molecule has 3 N–H and O–H groups in total. The highest BCUT2D eigenvalue weighted by Gasteiger charge is 2.09. The summed E-state index contributed by atoms with van der Waals surface area (Å²) in [7, 11) is -3.27. The Morgan fingerprint density at radius 2 is 1.70 bits per heavy atom. The number of carbonyl (C=O) groups excluding carboxylic acids is 2. The van der Waals surface area contributed by atoms with Crippen molar-refractivity contribution in [3.63, 3.8) is 0 Å². The molecular weight excluding hydrogens is 366 g/mol. The van der Waals surface area contributed by atoms with Crippen LogP contribution in [0.15, 0.2) is 53.4 Å². The molecular formula is C19H23N3O4S. The second-order valence-corrected chi connectivity index (χ2v) is 8.05. The number of amides is 2. The van der Waals surface area contributed by atoms with Gasteiger partial charge in [0.1, 0.15) is 0 Å².